The Kier molecular flexibility index (Phi) is 3.50. The van der Waals surface area contributed by atoms with Crippen LogP contribution in [0.15, 0.2) is 66.3 Å². The van der Waals surface area contributed by atoms with Crippen LogP contribution in [0.4, 0.5) is 5.69 Å². The number of amides is 1. The molecule has 1 aliphatic rings. The summed E-state index contributed by atoms with van der Waals surface area (Å²) < 4.78 is 7.74. The normalized spacial score (nSPS) is 15.6. The lowest BCUT2D eigenvalue weighted by molar-refractivity contribution is -0.122. The molecule has 1 amide bonds. The highest BCUT2D eigenvalue weighted by molar-refractivity contribution is 7.15. The Labute approximate surface area is 153 Å². The first-order chi connectivity index (χ1) is 12.8. The Morgan fingerprint density at radius 3 is 2.85 bits per heavy atom. The van der Waals surface area contributed by atoms with Gasteiger partial charge in [0, 0.05) is 35.4 Å². The molecular formula is C20H15N3O2S. The van der Waals surface area contributed by atoms with E-state index in [2.05, 4.69) is 10.3 Å². The number of nitrogens with one attached hydrogen (secondary N) is 1. The van der Waals surface area contributed by atoms with Crippen LogP contribution in [0.5, 0.6) is 5.75 Å². The first-order valence-corrected chi connectivity index (χ1v) is 9.22. The lowest BCUT2D eigenvalue weighted by Crippen LogP contribution is -2.31. The van der Waals surface area contributed by atoms with Crippen molar-refractivity contribution in [3.05, 3.63) is 71.9 Å². The van der Waals surface area contributed by atoms with Crippen molar-refractivity contribution in [2.24, 2.45) is 0 Å². The lowest BCUT2D eigenvalue weighted by atomic mass is 10.1. The number of benzene rings is 2. The van der Waals surface area contributed by atoms with Crippen LogP contribution in [0.3, 0.4) is 0 Å². The second-order valence-corrected chi connectivity index (χ2v) is 7.08. The van der Waals surface area contributed by atoms with E-state index >= 15 is 0 Å². The summed E-state index contributed by atoms with van der Waals surface area (Å²) in [5.74, 6) is 0.666. The van der Waals surface area contributed by atoms with Crippen LogP contribution in [0.25, 0.3) is 16.2 Å². The van der Waals surface area contributed by atoms with Gasteiger partial charge in [0.2, 0.25) is 0 Å². The van der Waals surface area contributed by atoms with E-state index < -0.39 is 6.10 Å². The SMILES string of the molecule is O=C(Nc1ccc(-c2cn3ccsc3n2)cc1)C1Cc2ccccc2O1. The topological polar surface area (TPSA) is 55.6 Å². The summed E-state index contributed by atoms with van der Waals surface area (Å²) >= 11 is 1.60. The van der Waals surface area contributed by atoms with Crippen molar-refractivity contribution in [3.63, 3.8) is 0 Å². The van der Waals surface area contributed by atoms with E-state index in [1.165, 1.54) is 0 Å². The monoisotopic (exact) mass is 361 g/mol. The second kappa shape index (κ2) is 6.00. The molecule has 1 N–H and O–H groups in total. The zero-order valence-corrected chi connectivity index (χ0v) is 14.6. The number of fused-ring (bicyclic) bond motifs is 2. The Morgan fingerprint density at radius 2 is 2.04 bits per heavy atom. The van der Waals surface area contributed by atoms with Crippen LogP contribution < -0.4 is 10.1 Å². The highest BCUT2D eigenvalue weighted by Gasteiger charge is 2.28. The van der Waals surface area contributed by atoms with E-state index in [-0.39, 0.29) is 5.91 Å². The van der Waals surface area contributed by atoms with Gasteiger partial charge >= 0.3 is 0 Å². The van der Waals surface area contributed by atoms with Gasteiger partial charge in [0.15, 0.2) is 11.1 Å². The van der Waals surface area contributed by atoms with Crippen molar-refractivity contribution in [3.8, 4) is 17.0 Å². The fraction of sp³-hybridized carbons (Fsp3) is 0.100. The van der Waals surface area contributed by atoms with Crippen molar-refractivity contribution >= 4 is 27.9 Å². The number of thiazole rings is 1. The summed E-state index contributed by atoms with van der Waals surface area (Å²) in [5, 5.41) is 4.94. The summed E-state index contributed by atoms with van der Waals surface area (Å²) in [6, 6.07) is 15.5. The molecular weight excluding hydrogens is 346 g/mol. The predicted octanol–water partition coefficient (Wildman–Crippen LogP) is 4.01. The molecule has 0 saturated heterocycles. The van der Waals surface area contributed by atoms with Gasteiger partial charge < -0.3 is 10.1 Å². The van der Waals surface area contributed by atoms with Gasteiger partial charge in [-0.3, -0.25) is 9.20 Å². The summed E-state index contributed by atoms with van der Waals surface area (Å²) in [6.45, 7) is 0. The van der Waals surface area contributed by atoms with Gasteiger partial charge in [0.05, 0.1) is 5.69 Å². The maximum Gasteiger partial charge on any atom is 0.265 e. The maximum absolute atomic E-state index is 12.5. The van der Waals surface area contributed by atoms with Gasteiger partial charge in [0.1, 0.15) is 5.75 Å². The number of para-hydroxylation sites is 1. The van der Waals surface area contributed by atoms with Crippen LogP contribution in [0, 0.1) is 0 Å². The second-order valence-electron chi connectivity index (χ2n) is 6.20. The molecule has 0 radical (unpaired) electrons. The fourth-order valence-corrected chi connectivity index (χ4v) is 3.84. The van der Waals surface area contributed by atoms with Crippen LogP contribution >= 0.6 is 11.3 Å². The number of aromatic nitrogens is 2. The molecule has 4 aromatic rings. The van der Waals surface area contributed by atoms with Crippen LogP contribution in [-0.4, -0.2) is 21.4 Å². The number of hydrogen-bond donors (Lipinski definition) is 1. The summed E-state index contributed by atoms with van der Waals surface area (Å²) in [7, 11) is 0. The number of carbonyl (C=O) groups excluding carboxylic acids is 1. The number of ether oxygens (including phenoxy) is 1. The minimum atomic E-state index is -0.480. The summed E-state index contributed by atoms with van der Waals surface area (Å²) in [5.41, 5.74) is 3.76. The minimum Gasteiger partial charge on any atom is -0.480 e. The molecule has 0 fully saturated rings. The molecule has 2 aromatic carbocycles. The average molecular weight is 361 g/mol. The molecule has 0 spiro atoms. The van der Waals surface area contributed by atoms with Crippen molar-refractivity contribution in [1.29, 1.82) is 0 Å². The molecule has 128 valence electrons. The molecule has 0 bridgehead atoms. The summed E-state index contributed by atoms with van der Waals surface area (Å²) in [4.78, 5) is 18.0. The standard InChI is InChI=1S/C20H15N3O2S/c24-19(18-11-14-3-1-2-4-17(14)25-18)21-15-7-5-13(6-8-15)16-12-23-9-10-26-20(23)22-16/h1-10,12,18H,11H2,(H,21,24). The van der Waals surface area contributed by atoms with Crippen molar-refractivity contribution < 1.29 is 9.53 Å². The third-order valence-electron chi connectivity index (χ3n) is 4.48. The maximum atomic E-state index is 12.5. The smallest absolute Gasteiger partial charge is 0.265 e. The highest BCUT2D eigenvalue weighted by atomic mass is 32.1. The van der Waals surface area contributed by atoms with E-state index in [0.29, 0.717) is 6.42 Å². The molecule has 1 aliphatic heterocycles. The molecule has 1 unspecified atom stereocenters. The molecule has 1 atom stereocenters. The van der Waals surface area contributed by atoms with Crippen molar-refractivity contribution in [2.45, 2.75) is 12.5 Å². The van der Waals surface area contributed by atoms with Crippen LogP contribution in [-0.2, 0) is 11.2 Å². The molecule has 0 aliphatic carbocycles. The number of anilines is 1. The van der Waals surface area contributed by atoms with E-state index in [0.717, 1.165) is 33.2 Å². The molecule has 5 nitrogen and oxygen atoms in total. The van der Waals surface area contributed by atoms with Gasteiger partial charge in [-0.05, 0) is 23.8 Å². The van der Waals surface area contributed by atoms with E-state index in [1.807, 2.05) is 70.7 Å². The van der Waals surface area contributed by atoms with E-state index in [1.54, 1.807) is 11.3 Å². The Morgan fingerprint density at radius 1 is 1.19 bits per heavy atom. The average Bonchev–Trinajstić information content (AvgIpc) is 3.36. The van der Waals surface area contributed by atoms with Crippen molar-refractivity contribution in [1.82, 2.24) is 9.38 Å². The van der Waals surface area contributed by atoms with Crippen LogP contribution in [0.1, 0.15) is 5.56 Å². The quantitative estimate of drug-likeness (QED) is 0.600. The Balaban J connectivity index is 1.29. The van der Waals surface area contributed by atoms with Gasteiger partial charge in [-0.2, -0.15) is 0 Å². The number of hydrogen-bond acceptors (Lipinski definition) is 4. The third-order valence-corrected chi connectivity index (χ3v) is 5.25. The molecule has 3 heterocycles. The third kappa shape index (κ3) is 2.64. The lowest BCUT2D eigenvalue weighted by Gasteiger charge is -2.11. The van der Waals surface area contributed by atoms with Gasteiger partial charge in [-0.1, -0.05) is 30.3 Å². The first-order valence-electron chi connectivity index (χ1n) is 8.34. The highest BCUT2D eigenvalue weighted by Crippen LogP contribution is 2.29. The zero-order valence-electron chi connectivity index (χ0n) is 13.8. The molecule has 5 rings (SSSR count). The fourth-order valence-electron chi connectivity index (χ4n) is 3.14. The number of rotatable bonds is 3. The Bertz CT molecular complexity index is 1040. The van der Waals surface area contributed by atoms with Gasteiger partial charge in [0.25, 0.3) is 5.91 Å². The number of carbonyl (C=O) groups is 1. The molecule has 2 aromatic heterocycles. The molecule has 0 saturated carbocycles. The number of nitrogens with zero attached hydrogens (tertiary/aromatic N) is 2. The van der Waals surface area contributed by atoms with E-state index in [9.17, 15) is 4.79 Å². The van der Waals surface area contributed by atoms with E-state index in [4.69, 9.17) is 4.74 Å². The number of imidazole rings is 1. The molecule has 26 heavy (non-hydrogen) atoms. The first kappa shape index (κ1) is 15.2. The minimum absolute atomic E-state index is 0.128. The molecule has 6 heteroatoms. The zero-order chi connectivity index (χ0) is 17.5. The largest absolute Gasteiger partial charge is 0.480 e. The van der Waals surface area contributed by atoms with Gasteiger partial charge in [-0.15, -0.1) is 11.3 Å². The van der Waals surface area contributed by atoms with Crippen molar-refractivity contribution in [2.75, 3.05) is 5.32 Å². The van der Waals surface area contributed by atoms with Gasteiger partial charge in [-0.25, -0.2) is 4.98 Å². The van der Waals surface area contributed by atoms with Crippen LogP contribution in [0.2, 0.25) is 0 Å². The Hall–Kier alpha value is -3.12. The predicted molar refractivity (Wildman–Crippen MR) is 102 cm³/mol. The summed E-state index contributed by atoms with van der Waals surface area (Å²) in [6.07, 6.45) is 4.12.